The number of nitrogens with zero attached hydrogens (tertiary/aromatic N) is 1. The summed E-state index contributed by atoms with van der Waals surface area (Å²) in [4.78, 5) is 2.37. The average molecular weight is 245 g/mol. The standard InChI is InChI=1S/C14H31NO2/c1-2-3-4-5-6-7-10-15(11-8-13-16)12-9-14-17/h16-17H,2-14H2,1H3. The summed E-state index contributed by atoms with van der Waals surface area (Å²) < 4.78 is 0. The summed E-state index contributed by atoms with van der Waals surface area (Å²) in [6.07, 6.45) is 9.64. The van der Waals surface area contributed by atoms with E-state index in [0.29, 0.717) is 0 Å². The quantitative estimate of drug-likeness (QED) is 0.490. The molecular weight excluding hydrogens is 214 g/mol. The van der Waals surface area contributed by atoms with Gasteiger partial charge in [-0.2, -0.15) is 0 Å². The predicted octanol–water partition coefficient (Wildman–Crippen LogP) is 2.41. The lowest BCUT2D eigenvalue weighted by Crippen LogP contribution is -2.28. The minimum Gasteiger partial charge on any atom is -0.396 e. The van der Waals surface area contributed by atoms with Gasteiger partial charge in [0.1, 0.15) is 0 Å². The summed E-state index contributed by atoms with van der Waals surface area (Å²) in [7, 11) is 0. The Morgan fingerprint density at radius 1 is 0.647 bits per heavy atom. The molecule has 0 heterocycles. The molecule has 0 aliphatic rings. The molecule has 0 aliphatic carbocycles. The van der Waals surface area contributed by atoms with Crippen molar-refractivity contribution >= 4 is 0 Å². The Morgan fingerprint density at radius 2 is 1.12 bits per heavy atom. The molecule has 0 spiro atoms. The molecule has 0 aliphatic heterocycles. The summed E-state index contributed by atoms with van der Waals surface area (Å²) in [5.41, 5.74) is 0. The summed E-state index contributed by atoms with van der Waals surface area (Å²) in [6, 6.07) is 0. The van der Waals surface area contributed by atoms with Crippen molar-refractivity contribution in [2.75, 3.05) is 32.8 Å². The zero-order valence-electron chi connectivity index (χ0n) is 11.5. The van der Waals surface area contributed by atoms with E-state index in [0.717, 1.165) is 32.5 Å². The Morgan fingerprint density at radius 3 is 1.65 bits per heavy atom. The lowest BCUT2D eigenvalue weighted by atomic mass is 10.1. The van der Waals surface area contributed by atoms with Crippen molar-refractivity contribution in [1.29, 1.82) is 0 Å². The van der Waals surface area contributed by atoms with Crippen molar-refractivity contribution in [2.24, 2.45) is 0 Å². The number of hydrogen-bond acceptors (Lipinski definition) is 3. The number of aliphatic hydroxyl groups excluding tert-OH is 2. The molecule has 17 heavy (non-hydrogen) atoms. The van der Waals surface area contributed by atoms with E-state index >= 15 is 0 Å². The van der Waals surface area contributed by atoms with Crippen LogP contribution in [0.2, 0.25) is 0 Å². The lowest BCUT2D eigenvalue weighted by Gasteiger charge is -2.21. The van der Waals surface area contributed by atoms with Crippen LogP contribution in [-0.4, -0.2) is 48.0 Å². The number of hydrogen-bond donors (Lipinski definition) is 2. The molecule has 2 N–H and O–H groups in total. The highest BCUT2D eigenvalue weighted by Gasteiger charge is 2.03. The van der Waals surface area contributed by atoms with E-state index in [9.17, 15) is 0 Å². The first kappa shape index (κ1) is 16.9. The van der Waals surface area contributed by atoms with Crippen LogP contribution in [0.25, 0.3) is 0 Å². The smallest absolute Gasteiger partial charge is 0.0443 e. The largest absolute Gasteiger partial charge is 0.396 e. The number of unbranched alkanes of at least 4 members (excludes halogenated alkanes) is 5. The van der Waals surface area contributed by atoms with Gasteiger partial charge < -0.3 is 15.1 Å². The maximum atomic E-state index is 8.83. The maximum Gasteiger partial charge on any atom is 0.0443 e. The predicted molar refractivity (Wildman–Crippen MR) is 73.2 cm³/mol. The molecule has 0 rings (SSSR count). The molecule has 3 nitrogen and oxygen atoms in total. The normalized spacial score (nSPS) is 11.3. The highest BCUT2D eigenvalue weighted by atomic mass is 16.3. The molecule has 0 aromatic carbocycles. The minimum atomic E-state index is 0.270. The highest BCUT2D eigenvalue weighted by molar-refractivity contribution is 4.58. The molecule has 0 radical (unpaired) electrons. The van der Waals surface area contributed by atoms with E-state index in [2.05, 4.69) is 11.8 Å². The van der Waals surface area contributed by atoms with Crippen LogP contribution in [0.5, 0.6) is 0 Å². The van der Waals surface area contributed by atoms with Gasteiger partial charge in [-0.05, 0) is 25.8 Å². The van der Waals surface area contributed by atoms with Crippen molar-refractivity contribution in [3.8, 4) is 0 Å². The molecule has 0 fully saturated rings. The third kappa shape index (κ3) is 12.1. The van der Waals surface area contributed by atoms with E-state index in [-0.39, 0.29) is 13.2 Å². The summed E-state index contributed by atoms with van der Waals surface area (Å²) in [5, 5.41) is 17.7. The second kappa shape index (κ2) is 13.9. The lowest BCUT2D eigenvalue weighted by molar-refractivity contribution is 0.199. The average Bonchev–Trinajstić information content (AvgIpc) is 2.35. The number of rotatable bonds is 13. The number of aliphatic hydroxyl groups is 2. The Kier molecular flexibility index (Phi) is 13.8. The van der Waals surface area contributed by atoms with Crippen LogP contribution >= 0.6 is 0 Å². The molecule has 0 aromatic heterocycles. The zero-order chi connectivity index (χ0) is 12.8. The van der Waals surface area contributed by atoms with Crippen LogP contribution in [0.15, 0.2) is 0 Å². The van der Waals surface area contributed by atoms with Crippen molar-refractivity contribution in [3.63, 3.8) is 0 Å². The van der Waals surface area contributed by atoms with Gasteiger partial charge in [-0.1, -0.05) is 39.0 Å². The monoisotopic (exact) mass is 245 g/mol. The van der Waals surface area contributed by atoms with Gasteiger partial charge in [-0.15, -0.1) is 0 Å². The molecular formula is C14H31NO2. The molecule has 3 heteroatoms. The van der Waals surface area contributed by atoms with Crippen LogP contribution in [0.3, 0.4) is 0 Å². The van der Waals surface area contributed by atoms with Crippen LogP contribution in [0.1, 0.15) is 58.3 Å². The third-order valence-corrected chi connectivity index (χ3v) is 3.09. The van der Waals surface area contributed by atoms with Gasteiger partial charge >= 0.3 is 0 Å². The summed E-state index contributed by atoms with van der Waals surface area (Å²) in [6.45, 7) is 5.83. The van der Waals surface area contributed by atoms with Gasteiger partial charge in [-0.3, -0.25) is 0 Å². The molecule has 0 amide bonds. The van der Waals surface area contributed by atoms with Crippen molar-refractivity contribution in [1.82, 2.24) is 4.90 Å². The van der Waals surface area contributed by atoms with Gasteiger partial charge in [-0.25, -0.2) is 0 Å². The Labute approximate surface area is 107 Å². The Bertz CT molecular complexity index is 134. The molecule has 0 bridgehead atoms. The van der Waals surface area contributed by atoms with Crippen molar-refractivity contribution in [3.05, 3.63) is 0 Å². The zero-order valence-corrected chi connectivity index (χ0v) is 11.5. The fourth-order valence-corrected chi connectivity index (χ4v) is 2.04. The van der Waals surface area contributed by atoms with Crippen LogP contribution in [0, 0.1) is 0 Å². The molecule has 0 saturated heterocycles. The van der Waals surface area contributed by atoms with Gasteiger partial charge in [0.15, 0.2) is 0 Å². The van der Waals surface area contributed by atoms with Crippen LogP contribution < -0.4 is 0 Å². The third-order valence-electron chi connectivity index (χ3n) is 3.09. The first-order chi connectivity index (χ1) is 8.35. The van der Waals surface area contributed by atoms with Crippen molar-refractivity contribution < 1.29 is 10.2 Å². The fraction of sp³-hybridized carbons (Fsp3) is 1.00. The second-order valence-electron chi connectivity index (χ2n) is 4.76. The van der Waals surface area contributed by atoms with E-state index in [4.69, 9.17) is 10.2 Å². The Balaban J connectivity index is 3.45. The van der Waals surface area contributed by atoms with Crippen LogP contribution in [0.4, 0.5) is 0 Å². The molecule has 0 atom stereocenters. The van der Waals surface area contributed by atoms with Gasteiger partial charge in [0.05, 0.1) is 0 Å². The van der Waals surface area contributed by atoms with E-state index < -0.39 is 0 Å². The van der Waals surface area contributed by atoms with Gasteiger partial charge in [0.2, 0.25) is 0 Å². The topological polar surface area (TPSA) is 43.7 Å². The SMILES string of the molecule is CCCCCCCCN(CCCO)CCCO. The molecule has 104 valence electrons. The molecule has 0 unspecified atom stereocenters. The summed E-state index contributed by atoms with van der Waals surface area (Å²) in [5.74, 6) is 0. The molecule has 0 saturated carbocycles. The maximum absolute atomic E-state index is 8.83. The van der Waals surface area contributed by atoms with Crippen LogP contribution in [-0.2, 0) is 0 Å². The molecule has 0 aromatic rings. The first-order valence-corrected chi connectivity index (χ1v) is 7.29. The van der Waals surface area contributed by atoms with E-state index in [1.54, 1.807) is 0 Å². The fourth-order valence-electron chi connectivity index (χ4n) is 2.04. The first-order valence-electron chi connectivity index (χ1n) is 7.29. The van der Waals surface area contributed by atoms with E-state index in [1.165, 1.54) is 38.5 Å². The highest BCUT2D eigenvalue weighted by Crippen LogP contribution is 2.06. The van der Waals surface area contributed by atoms with Crippen molar-refractivity contribution in [2.45, 2.75) is 58.3 Å². The van der Waals surface area contributed by atoms with E-state index in [1.807, 2.05) is 0 Å². The van der Waals surface area contributed by atoms with Gasteiger partial charge in [0.25, 0.3) is 0 Å². The van der Waals surface area contributed by atoms with Gasteiger partial charge in [0, 0.05) is 26.3 Å². The second-order valence-corrected chi connectivity index (χ2v) is 4.76. The summed E-state index contributed by atoms with van der Waals surface area (Å²) >= 11 is 0. The Hall–Kier alpha value is -0.120. The minimum absolute atomic E-state index is 0.270.